The third kappa shape index (κ3) is 3.30. The van der Waals surface area contributed by atoms with Gasteiger partial charge in [0.05, 0.1) is 13.2 Å². The van der Waals surface area contributed by atoms with Crippen LogP contribution in [0.25, 0.3) is 0 Å². The molecule has 0 aliphatic carbocycles. The van der Waals surface area contributed by atoms with E-state index in [4.69, 9.17) is 18.9 Å². The van der Waals surface area contributed by atoms with Gasteiger partial charge in [0, 0.05) is 13.1 Å². The van der Waals surface area contributed by atoms with E-state index in [1.165, 1.54) is 0 Å². The van der Waals surface area contributed by atoms with Crippen LogP contribution in [-0.4, -0.2) is 62.4 Å². The molecule has 22 heavy (non-hydrogen) atoms. The Labute approximate surface area is 127 Å². The van der Waals surface area contributed by atoms with Crippen LogP contribution in [0.5, 0.6) is 11.5 Å². The second-order valence-corrected chi connectivity index (χ2v) is 4.97. The van der Waals surface area contributed by atoms with E-state index in [9.17, 15) is 9.59 Å². The van der Waals surface area contributed by atoms with E-state index < -0.39 is 12.1 Å². The van der Waals surface area contributed by atoms with Gasteiger partial charge in [-0.25, -0.2) is 4.79 Å². The first-order chi connectivity index (χ1) is 10.7. The summed E-state index contributed by atoms with van der Waals surface area (Å²) in [6.45, 7) is 1.84. The topological polar surface area (TPSA) is 74.3 Å². The fourth-order valence-corrected chi connectivity index (χ4v) is 2.27. The molecule has 0 N–H and O–H groups in total. The number of carbonyl (C=O) groups excluding carboxylic acids is 2. The van der Waals surface area contributed by atoms with Crippen LogP contribution in [0, 0.1) is 0 Å². The van der Waals surface area contributed by atoms with Crippen LogP contribution in [0.2, 0.25) is 0 Å². The Morgan fingerprint density at radius 1 is 1.18 bits per heavy atom. The van der Waals surface area contributed by atoms with Crippen LogP contribution < -0.4 is 9.47 Å². The van der Waals surface area contributed by atoms with Crippen LogP contribution in [-0.2, 0) is 19.1 Å². The summed E-state index contributed by atoms with van der Waals surface area (Å²) in [6.07, 6.45) is -0.854. The van der Waals surface area contributed by atoms with Gasteiger partial charge in [-0.05, 0) is 12.1 Å². The van der Waals surface area contributed by atoms with Gasteiger partial charge in [-0.2, -0.15) is 0 Å². The highest BCUT2D eigenvalue weighted by Crippen LogP contribution is 2.31. The number of carbonyl (C=O) groups is 2. The summed E-state index contributed by atoms with van der Waals surface area (Å²) in [7, 11) is 0. The van der Waals surface area contributed by atoms with Crippen molar-refractivity contribution in [1.82, 2.24) is 4.90 Å². The summed E-state index contributed by atoms with van der Waals surface area (Å²) in [6, 6.07) is 7.09. The molecule has 0 spiro atoms. The van der Waals surface area contributed by atoms with Gasteiger partial charge in [-0.3, -0.25) is 4.79 Å². The first-order valence-electron chi connectivity index (χ1n) is 7.14. The molecule has 1 fully saturated rings. The molecule has 1 atom stereocenters. The molecule has 7 nitrogen and oxygen atoms in total. The zero-order valence-electron chi connectivity index (χ0n) is 12.0. The van der Waals surface area contributed by atoms with Crippen LogP contribution in [0.1, 0.15) is 0 Å². The largest absolute Gasteiger partial charge is 0.485 e. The van der Waals surface area contributed by atoms with E-state index in [2.05, 4.69) is 0 Å². The first-order valence-corrected chi connectivity index (χ1v) is 7.14. The van der Waals surface area contributed by atoms with Gasteiger partial charge in [-0.15, -0.1) is 0 Å². The quantitative estimate of drug-likeness (QED) is 0.744. The maximum Gasteiger partial charge on any atom is 0.351 e. The molecule has 2 aliphatic heterocycles. The minimum Gasteiger partial charge on any atom is -0.485 e. The normalized spacial score (nSPS) is 20.4. The number of benzene rings is 1. The second-order valence-electron chi connectivity index (χ2n) is 4.97. The molecule has 0 saturated carbocycles. The van der Waals surface area contributed by atoms with Crippen molar-refractivity contribution in [2.75, 3.05) is 39.5 Å². The third-order valence-electron chi connectivity index (χ3n) is 3.47. The standard InChI is InChI=1S/C15H17NO6/c17-14(16-5-7-19-8-6-16)10-21-15(18)13-9-20-11-3-1-2-4-12(11)22-13/h1-4,13H,5-10H2/t13-/m1/s1. The molecule has 0 unspecified atom stereocenters. The van der Waals surface area contributed by atoms with Crippen LogP contribution in [0.15, 0.2) is 24.3 Å². The Bertz CT molecular complexity index is 555. The van der Waals surface area contributed by atoms with Gasteiger partial charge in [0.25, 0.3) is 5.91 Å². The predicted octanol–water partition coefficient (Wildman–Crippen LogP) is 0.228. The number of amides is 1. The SMILES string of the molecule is O=C(OCC(=O)N1CCOCC1)[C@H]1COc2ccccc2O1. The second kappa shape index (κ2) is 6.65. The Balaban J connectivity index is 1.49. The molecular formula is C15H17NO6. The summed E-state index contributed by atoms with van der Waals surface area (Å²) >= 11 is 0. The summed E-state index contributed by atoms with van der Waals surface area (Å²) < 4.78 is 21.2. The van der Waals surface area contributed by atoms with Crippen LogP contribution >= 0.6 is 0 Å². The average molecular weight is 307 g/mol. The zero-order chi connectivity index (χ0) is 15.4. The molecule has 1 aromatic rings. The van der Waals surface area contributed by atoms with Crippen molar-refractivity contribution in [2.24, 2.45) is 0 Å². The van der Waals surface area contributed by atoms with Crippen molar-refractivity contribution in [2.45, 2.75) is 6.10 Å². The Morgan fingerprint density at radius 2 is 1.91 bits per heavy atom. The highest BCUT2D eigenvalue weighted by atomic mass is 16.6. The molecule has 0 bridgehead atoms. The van der Waals surface area contributed by atoms with E-state index in [0.29, 0.717) is 37.8 Å². The molecule has 1 saturated heterocycles. The lowest BCUT2D eigenvalue weighted by molar-refractivity contribution is -0.161. The average Bonchev–Trinajstić information content (AvgIpc) is 2.59. The number of hydrogen-bond donors (Lipinski definition) is 0. The van der Waals surface area contributed by atoms with E-state index in [-0.39, 0.29) is 19.1 Å². The minimum atomic E-state index is -0.854. The number of fused-ring (bicyclic) bond motifs is 1. The third-order valence-corrected chi connectivity index (χ3v) is 3.47. The van der Waals surface area contributed by atoms with Crippen LogP contribution in [0.4, 0.5) is 0 Å². The van der Waals surface area contributed by atoms with Crippen molar-refractivity contribution in [3.8, 4) is 11.5 Å². The summed E-state index contributed by atoms with van der Waals surface area (Å²) in [4.78, 5) is 25.5. The zero-order valence-corrected chi connectivity index (χ0v) is 12.0. The Hall–Kier alpha value is -2.28. The molecule has 2 aliphatic rings. The highest BCUT2D eigenvalue weighted by molar-refractivity contribution is 5.82. The molecule has 3 rings (SSSR count). The van der Waals surface area contributed by atoms with Crippen molar-refractivity contribution in [3.05, 3.63) is 24.3 Å². The lowest BCUT2D eigenvalue weighted by atomic mass is 10.2. The Kier molecular flexibility index (Phi) is 4.43. The number of nitrogens with zero attached hydrogens (tertiary/aromatic N) is 1. The molecular weight excluding hydrogens is 290 g/mol. The van der Waals surface area contributed by atoms with Gasteiger partial charge < -0.3 is 23.8 Å². The fraction of sp³-hybridized carbons (Fsp3) is 0.467. The summed E-state index contributed by atoms with van der Waals surface area (Å²) in [5.41, 5.74) is 0. The van der Waals surface area contributed by atoms with Crippen molar-refractivity contribution in [3.63, 3.8) is 0 Å². The van der Waals surface area contributed by atoms with Crippen LogP contribution in [0.3, 0.4) is 0 Å². The number of para-hydroxylation sites is 2. The van der Waals surface area contributed by atoms with E-state index in [1.54, 1.807) is 23.1 Å². The van der Waals surface area contributed by atoms with Gasteiger partial charge in [0.15, 0.2) is 18.1 Å². The summed E-state index contributed by atoms with van der Waals surface area (Å²) in [5.74, 6) is 0.260. The van der Waals surface area contributed by atoms with Gasteiger partial charge in [-0.1, -0.05) is 12.1 Å². The molecule has 1 amide bonds. The number of hydrogen-bond acceptors (Lipinski definition) is 6. The van der Waals surface area contributed by atoms with Crippen molar-refractivity contribution >= 4 is 11.9 Å². The molecule has 0 radical (unpaired) electrons. The van der Waals surface area contributed by atoms with Gasteiger partial charge >= 0.3 is 5.97 Å². The molecule has 7 heteroatoms. The first kappa shape index (κ1) is 14.6. The fourth-order valence-electron chi connectivity index (χ4n) is 2.27. The van der Waals surface area contributed by atoms with E-state index >= 15 is 0 Å². The van der Waals surface area contributed by atoms with E-state index in [0.717, 1.165) is 0 Å². The molecule has 2 heterocycles. The highest BCUT2D eigenvalue weighted by Gasteiger charge is 2.29. The maximum absolute atomic E-state index is 12.0. The lowest BCUT2D eigenvalue weighted by Gasteiger charge is -2.27. The molecule has 118 valence electrons. The minimum absolute atomic E-state index is 0.0710. The number of morpholine rings is 1. The number of esters is 1. The van der Waals surface area contributed by atoms with Crippen molar-refractivity contribution in [1.29, 1.82) is 0 Å². The lowest BCUT2D eigenvalue weighted by Crippen LogP contribution is -2.44. The van der Waals surface area contributed by atoms with Gasteiger partial charge in [0.2, 0.25) is 6.10 Å². The number of ether oxygens (including phenoxy) is 4. The van der Waals surface area contributed by atoms with Gasteiger partial charge in [0.1, 0.15) is 6.61 Å². The van der Waals surface area contributed by atoms with E-state index in [1.807, 2.05) is 6.07 Å². The molecule has 0 aromatic heterocycles. The maximum atomic E-state index is 12.0. The summed E-state index contributed by atoms with van der Waals surface area (Å²) in [5, 5.41) is 0. The predicted molar refractivity (Wildman–Crippen MR) is 74.7 cm³/mol. The smallest absolute Gasteiger partial charge is 0.351 e. The van der Waals surface area contributed by atoms with Crippen molar-refractivity contribution < 1.29 is 28.5 Å². The Morgan fingerprint density at radius 3 is 2.68 bits per heavy atom. The number of rotatable bonds is 3. The molecule has 1 aromatic carbocycles. The monoisotopic (exact) mass is 307 g/mol.